The van der Waals surface area contributed by atoms with Gasteiger partial charge in [-0.3, -0.25) is 4.99 Å². The van der Waals surface area contributed by atoms with Crippen molar-refractivity contribution in [3.05, 3.63) is 51.2 Å². The quantitative estimate of drug-likeness (QED) is 0.353. The van der Waals surface area contributed by atoms with E-state index in [9.17, 15) is 0 Å². The van der Waals surface area contributed by atoms with Crippen LogP contribution in [0.15, 0.2) is 41.4 Å². The third-order valence-electron chi connectivity index (χ3n) is 3.24. The van der Waals surface area contributed by atoms with Gasteiger partial charge in [-0.05, 0) is 31.5 Å². The lowest BCUT2D eigenvalue weighted by Crippen LogP contribution is -2.37. The molecular formula is C17H23ClIN3OS. The molecule has 0 saturated carbocycles. The maximum Gasteiger partial charge on any atom is 0.191 e. The summed E-state index contributed by atoms with van der Waals surface area (Å²) >= 11 is 7.55. The fraction of sp³-hybridized carbons (Fsp3) is 0.353. The minimum Gasteiger partial charge on any atom is -0.494 e. The van der Waals surface area contributed by atoms with Crippen LogP contribution in [0.3, 0.4) is 0 Å². The van der Waals surface area contributed by atoms with Gasteiger partial charge < -0.3 is 15.4 Å². The molecule has 4 nitrogen and oxygen atoms in total. The van der Waals surface area contributed by atoms with Crippen molar-refractivity contribution in [1.29, 1.82) is 0 Å². The Balaban J connectivity index is 0.00000288. The molecule has 0 radical (unpaired) electrons. The SMILES string of the molecule is CCOc1ccccc1CNC(=NC)NCCc1ccc(Cl)s1.I. The average Bonchev–Trinajstić information content (AvgIpc) is 2.97. The Morgan fingerprint density at radius 3 is 2.67 bits per heavy atom. The van der Waals surface area contributed by atoms with Gasteiger partial charge in [0.25, 0.3) is 0 Å². The normalized spacial score (nSPS) is 10.9. The Kier molecular flexibility index (Phi) is 10.1. The number of ether oxygens (including phenoxy) is 1. The lowest BCUT2D eigenvalue weighted by molar-refractivity contribution is 0.336. The van der Waals surface area contributed by atoms with Crippen LogP contribution in [0.25, 0.3) is 0 Å². The molecule has 132 valence electrons. The van der Waals surface area contributed by atoms with E-state index in [2.05, 4.69) is 27.8 Å². The molecule has 2 aromatic rings. The minimum absolute atomic E-state index is 0. The number of aliphatic imine (C=N–C) groups is 1. The zero-order valence-corrected chi connectivity index (χ0v) is 17.7. The van der Waals surface area contributed by atoms with Crippen molar-refractivity contribution >= 4 is 52.9 Å². The molecule has 0 atom stereocenters. The van der Waals surface area contributed by atoms with E-state index in [4.69, 9.17) is 16.3 Å². The highest BCUT2D eigenvalue weighted by Crippen LogP contribution is 2.21. The first-order chi connectivity index (χ1) is 11.2. The van der Waals surface area contributed by atoms with Crippen LogP contribution < -0.4 is 15.4 Å². The molecule has 2 rings (SSSR count). The smallest absolute Gasteiger partial charge is 0.191 e. The van der Waals surface area contributed by atoms with Gasteiger partial charge in [0.2, 0.25) is 0 Å². The third-order valence-corrected chi connectivity index (χ3v) is 4.53. The van der Waals surface area contributed by atoms with Gasteiger partial charge in [0.05, 0.1) is 10.9 Å². The molecule has 0 spiro atoms. The summed E-state index contributed by atoms with van der Waals surface area (Å²) in [5, 5.41) is 6.62. The van der Waals surface area contributed by atoms with E-state index < -0.39 is 0 Å². The van der Waals surface area contributed by atoms with Crippen LogP contribution in [-0.4, -0.2) is 26.2 Å². The van der Waals surface area contributed by atoms with Crippen molar-refractivity contribution < 1.29 is 4.74 Å². The molecule has 1 heterocycles. The van der Waals surface area contributed by atoms with E-state index in [0.29, 0.717) is 13.2 Å². The summed E-state index contributed by atoms with van der Waals surface area (Å²) < 4.78 is 6.46. The number of rotatable bonds is 7. The number of guanidine groups is 1. The summed E-state index contributed by atoms with van der Waals surface area (Å²) in [6, 6.07) is 12.0. The van der Waals surface area contributed by atoms with Crippen molar-refractivity contribution in [2.75, 3.05) is 20.2 Å². The highest BCUT2D eigenvalue weighted by atomic mass is 127. The number of nitrogens with one attached hydrogen (secondary N) is 2. The Bertz CT molecular complexity index is 648. The summed E-state index contributed by atoms with van der Waals surface area (Å²) in [6.07, 6.45) is 0.924. The molecule has 0 aliphatic carbocycles. The Labute approximate surface area is 169 Å². The van der Waals surface area contributed by atoms with Crippen molar-refractivity contribution in [3.8, 4) is 5.75 Å². The van der Waals surface area contributed by atoms with E-state index >= 15 is 0 Å². The second-order valence-corrected chi connectivity index (χ2v) is 6.65. The first kappa shape index (κ1) is 21.1. The monoisotopic (exact) mass is 479 g/mol. The predicted octanol–water partition coefficient (Wildman–Crippen LogP) is 4.33. The number of hydrogen-bond donors (Lipinski definition) is 2. The summed E-state index contributed by atoms with van der Waals surface area (Å²) in [4.78, 5) is 5.51. The summed E-state index contributed by atoms with van der Waals surface area (Å²) in [5.41, 5.74) is 1.11. The van der Waals surface area contributed by atoms with Crippen LogP contribution >= 0.6 is 46.9 Å². The van der Waals surface area contributed by atoms with Crippen LogP contribution in [-0.2, 0) is 13.0 Å². The fourth-order valence-electron chi connectivity index (χ4n) is 2.14. The van der Waals surface area contributed by atoms with Gasteiger partial charge in [-0.15, -0.1) is 35.3 Å². The number of hydrogen-bond acceptors (Lipinski definition) is 3. The molecule has 0 unspecified atom stereocenters. The molecule has 1 aromatic carbocycles. The maximum absolute atomic E-state index is 5.94. The summed E-state index contributed by atoms with van der Waals surface area (Å²) in [7, 11) is 1.77. The van der Waals surface area contributed by atoms with E-state index in [1.807, 2.05) is 31.2 Å². The highest BCUT2D eigenvalue weighted by Gasteiger charge is 2.04. The zero-order chi connectivity index (χ0) is 16.5. The molecule has 1 aromatic heterocycles. The standard InChI is InChI=1S/C17H22ClN3OS.HI/c1-3-22-15-7-5-4-6-13(15)12-21-17(19-2)20-11-10-14-8-9-16(18)23-14;/h4-9H,3,10-12H2,1-2H3,(H2,19,20,21);1H. The molecule has 0 aliphatic rings. The van der Waals surface area contributed by atoms with Gasteiger partial charge in [-0.25, -0.2) is 0 Å². The molecule has 2 N–H and O–H groups in total. The fourth-order valence-corrected chi connectivity index (χ4v) is 3.22. The Morgan fingerprint density at radius 2 is 2.00 bits per heavy atom. The summed E-state index contributed by atoms with van der Waals surface area (Å²) in [6.45, 7) is 4.12. The third kappa shape index (κ3) is 6.86. The maximum atomic E-state index is 5.94. The lowest BCUT2D eigenvalue weighted by Gasteiger charge is -2.14. The molecule has 24 heavy (non-hydrogen) atoms. The van der Waals surface area contributed by atoms with Crippen molar-refractivity contribution in [2.45, 2.75) is 19.9 Å². The number of para-hydroxylation sites is 1. The molecule has 7 heteroatoms. The number of benzene rings is 1. The molecule has 0 amide bonds. The largest absolute Gasteiger partial charge is 0.494 e. The van der Waals surface area contributed by atoms with Gasteiger partial charge in [0.1, 0.15) is 5.75 Å². The van der Waals surface area contributed by atoms with Crippen LogP contribution in [0.1, 0.15) is 17.4 Å². The second kappa shape index (κ2) is 11.5. The predicted molar refractivity (Wildman–Crippen MR) is 114 cm³/mol. The van der Waals surface area contributed by atoms with Gasteiger partial charge >= 0.3 is 0 Å². The molecule has 0 saturated heterocycles. The van der Waals surface area contributed by atoms with Crippen molar-refractivity contribution in [1.82, 2.24) is 10.6 Å². The summed E-state index contributed by atoms with van der Waals surface area (Å²) in [5.74, 6) is 1.69. The van der Waals surface area contributed by atoms with Gasteiger partial charge in [0.15, 0.2) is 5.96 Å². The molecule has 0 fully saturated rings. The van der Waals surface area contributed by atoms with Crippen LogP contribution in [0.2, 0.25) is 4.34 Å². The second-order valence-electron chi connectivity index (χ2n) is 4.85. The van der Waals surface area contributed by atoms with Crippen molar-refractivity contribution in [3.63, 3.8) is 0 Å². The van der Waals surface area contributed by atoms with Gasteiger partial charge in [-0.1, -0.05) is 29.8 Å². The molecule has 0 aliphatic heterocycles. The lowest BCUT2D eigenvalue weighted by atomic mass is 10.2. The molecule has 0 bridgehead atoms. The first-order valence-electron chi connectivity index (χ1n) is 7.62. The topological polar surface area (TPSA) is 45.6 Å². The first-order valence-corrected chi connectivity index (χ1v) is 8.81. The van der Waals surface area contributed by atoms with Gasteiger partial charge in [0, 0.05) is 30.6 Å². The van der Waals surface area contributed by atoms with Crippen LogP contribution in [0.5, 0.6) is 5.75 Å². The van der Waals surface area contributed by atoms with Crippen molar-refractivity contribution in [2.24, 2.45) is 4.99 Å². The number of nitrogens with zero attached hydrogens (tertiary/aromatic N) is 1. The van der Waals surface area contributed by atoms with E-state index in [0.717, 1.165) is 34.6 Å². The van der Waals surface area contributed by atoms with E-state index in [1.165, 1.54) is 4.88 Å². The average molecular weight is 480 g/mol. The van der Waals surface area contributed by atoms with Crippen LogP contribution in [0.4, 0.5) is 0 Å². The number of thiophene rings is 1. The van der Waals surface area contributed by atoms with Gasteiger partial charge in [-0.2, -0.15) is 0 Å². The Hall–Kier alpha value is -0.990. The number of halogens is 2. The minimum atomic E-state index is 0. The van der Waals surface area contributed by atoms with Crippen LogP contribution in [0, 0.1) is 0 Å². The molecular weight excluding hydrogens is 457 g/mol. The van der Waals surface area contributed by atoms with E-state index in [1.54, 1.807) is 18.4 Å². The van der Waals surface area contributed by atoms with E-state index in [-0.39, 0.29) is 24.0 Å². The Morgan fingerprint density at radius 1 is 1.21 bits per heavy atom. The highest BCUT2D eigenvalue weighted by molar-refractivity contribution is 14.0. The zero-order valence-electron chi connectivity index (χ0n) is 13.8.